The lowest BCUT2D eigenvalue weighted by atomic mass is 10.0. The van der Waals surface area contributed by atoms with Gasteiger partial charge in [0.05, 0.1) is 0 Å². The summed E-state index contributed by atoms with van der Waals surface area (Å²) in [5.74, 6) is -3.59. The first-order chi connectivity index (χ1) is 6.02. The molecule has 0 saturated heterocycles. The zero-order valence-corrected chi connectivity index (χ0v) is 7.22. The average Bonchev–Trinajstić information content (AvgIpc) is 2.24. The highest BCUT2D eigenvalue weighted by Gasteiger charge is 2.45. The van der Waals surface area contributed by atoms with Crippen LogP contribution >= 0.6 is 0 Å². The Labute approximate surface area is 75.0 Å². The monoisotopic (exact) mass is 184 g/mol. The molecule has 0 spiro atoms. The fourth-order valence-electron chi connectivity index (χ4n) is 1.87. The highest BCUT2D eigenvalue weighted by Crippen LogP contribution is 2.47. The maximum Gasteiger partial charge on any atom is 0.258 e. The molecule has 1 aliphatic rings. The summed E-state index contributed by atoms with van der Waals surface area (Å²) in [4.78, 5) is 0. The smallest absolute Gasteiger partial charge is 0.258 e. The van der Waals surface area contributed by atoms with E-state index in [1.165, 1.54) is 13.0 Å². The summed E-state index contributed by atoms with van der Waals surface area (Å²) >= 11 is 0. The molecule has 0 saturated carbocycles. The molecule has 1 unspecified atom stereocenters. The van der Waals surface area contributed by atoms with Crippen LogP contribution in [0.25, 0.3) is 0 Å². The van der Waals surface area contributed by atoms with Crippen molar-refractivity contribution in [2.24, 2.45) is 0 Å². The predicted molar refractivity (Wildman–Crippen MR) is 45.2 cm³/mol. The van der Waals surface area contributed by atoms with Crippen molar-refractivity contribution < 1.29 is 13.9 Å². The molecule has 1 aromatic carbocycles. The zero-order valence-electron chi connectivity index (χ0n) is 7.22. The van der Waals surface area contributed by atoms with Crippen LogP contribution in [0.5, 0.6) is 5.75 Å². The molecule has 70 valence electrons. The standard InChI is InChI=1S/C10H10F2O/c1-6-9-7(5-10(6,11)12)3-2-4-8(9)13/h2-4,6,13H,5H2,1H3. The van der Waals surface area contributed by atoms with Crippen LogP contribution in [0, 0.1) is 0 Å². The maximum atomic E-state index is 13.2. The average molecular weight is 184 g/mol. The molecule has 0 heterocycles. The van der Waals surface area contributed by atoms with Gasteiger partial charge in [0.2, 0.25) is 0 Å². The second kappa shape index (κ2) is 2.44. The largest absolute Gasteiger partial charge is 0.508 e. The van der Waals surface area contributed by atoms with Gasteiger partial charge >= 0.3 is 0 Å². The van der Waals surface area contributed by atoms with Gasteiger partial charge in [-0.25, -0.2) is 8.78 Å². The van der Waals surface area contributed by atoms with E-state index in [-0.39, 0.29) is 12.2 Å². The molecule has 1 N–H and O–H groups in total. The third-order valence-electron chi connectivity index (χ3n) is 2.67. The van der Waals surface area contributed by atoms with Gasteiger partial charge in [0.15, 0.2) is 0 Å². The Morgan fingerprint density at radius 1 is 1.46 bits per heavy atom. The zero-order chi connectivity index (χ0) is 9.64. The van der Waals surface area contributed by atoms with Crippen LogP contribution in [-0.4, -0.2) is 11.0 Å². The second-order valence-electron chi connectivity index (χ2n) is 3.51. The van der Waals surface area contributed by atoms with Crippen LogP contribution in [0.3, 0.4) is 0 Å². The molecule has 1 nitrogen and oxygen atoms in total. The lowest BCUT2D eigenvalue weighted by Gasteiger charge is -2.14. The molecule has 3 heteroatoms. The first kappa shape index (κ1) is 8.48. The molecule has 0 amide bonds. The van der Waals surface area contributed by atoms with Crippen molar-refractivity contribution >= 4 is 0 Å². The van der Waals surface area contributed by atoms with Crippen molar-refractivity contribution in [3.8, 4) is 5.75 Å². The summed E-state index contributed by atoms with van der Waals surface area (Å²) in [6, 6.07) is 4.70. The summed E-state index contributed by atoms with van der Waals surface area (Å²) in [7, 11) is 0. The number of phenols is 1. The molecule has 1 aliphatic carbocycles. The van der Waals surface area contributed by atoms with Gasteiger partial charge in [-0.3, -0.25) is 0 Å². The van der Waals surface area contributed by atoms with E-state index in [1.807, 2.05) is 0 Å². The summed E-state index contributed by atoms with van der Waals surface area (Å²) < 4.78 is 26.4. The topological polar surface area (TPSA) is 20.2 Å². The molecule has 0 fully saturated rings. The minimum Gasteiger partial charge on any atom is -0.508 e. The number of alkyl halides is 2. The summed E-state index contributed by atoms with van der Waals surface area (Å²) in [5, 5.41) is 9.40. The molecule has 2 rings (SSSR count). The van der Waals surface area contributed by atoms with Crippen LogP contribution in [0.4, 0.5) is 8.78 Å². The van der Waals surface area contributed by atoms with Crippen molar-refractivity contribution in [1.29, 1.82) is 0 Å². The van der Waals surface area contributed by atoms with Gasteiger partial charge in [-0.1, -0.05) is 19.1 Å². The first-order valence-electron chi connectivity index (χ1n) is 4.21. The molecule has 1 aromatic rings. The highest BCUT2D eigenvalue weighted by atomic mass is 19.3. The summed E-state index contributed by atoms with van der Waals surface area (Å²) in [5.41, 5.74) is 0.977. The highest BCUT2D eigenvalue weighted by molar-refractivity contribution is 5.47. The Morgan fingerprint density at radius 3 is 2.77 bits per heavy atom. The van der Waals surface area contributed by atoms with Crippen molar-refractivity contribution in [2.75, 3.05) is 0 Å². The fourth-order valence-corrected chi connectivity index (χ4v) is 1.87. The van der Waals surface area contributed by atoms with Gasteiger partial charge in [0.25, 0.3) is 5.92 Å². The van der Waals surface area contributed by atoms with Crippen molar-refractivity contribution in [1.82, 2.24) is 0 Å². The van der Waals surface area contributed by atoms with Gasteiger partial charge in [-0.2, -0.15) is 0 Å². The number of phenolic OH excluding ortho intramolecular Hbond substituents is 1. The fraction of sp³-hybridized carbons (Fsp3) is 0.400. The SMILES string of the molecule is CC1c2c(O)cccc2CC1(F)F. The van der Waals surface area contributed by atoms with Gasteiger partial charge < -0.3 is 5.11 Å². The molecular weight excluding hydrogens is 174 g/mol. The molecular formula is C10H10F2O. The number of hydrogen-bond donors (Lipinski definition) is 1. The van der Waals surface area contributed by atoms with E-state index in [9.17, 15) is 13.9 Å². The normalized spacial score (nSPS) is 24.4. The third-order valence-corrected chi connectivity index (χ3v) is 2.67. The third kappa shape index (κ3) is 1.10. The van der Waals surface area contributed by atoms with Crippen LogP contribution in [0.2, 0.25) is 0 Å². The van der Waals surface area contributed by atoms with Crippen LogP contribution in [0.1, 0.15) is 24.0 Å². The molecule has 13 heavy (non-hydrogen) atoms. The molecule has 0 aromatic heterocycles. The van der Waals surface area contributed by atoms with Crippen LogP contribution < -0.4 is 0 Å². The number of benzene rings is 1. The van der Waals surface area contributed by atoms with E-state index in [0.29, 0.717) is 11.1 Å². The maximum absolute atomic E-state index is 13.2. The van der Waals surface area contributed by atoms with Crippen molar-refractivity contribution in [3.05, 3.63) is 29.3 Å². The second-order valence-corrected chi connectivity index (χ2v) is 3.51. The molecule has 1 atom stereocenters. The van der Waals surface area contributed by atoms with Crippen LogP contribution in [0.15, 0.2) is 18.2 Å². The Kier molecular flexibility index (Phi) is 1.59. The predicted octanol–water partition coefficient (Wildman–Crippen LogP) is 2.69. The van der Waals surface area contributed by atoms with E-state index in [2.05, 4.69) is 0 Å². The lowest BCUT2D eigenvalue weighted by molar-refractivity contribution is -0.0102. The molecule has 0 radical (unpaired) electrons. The Balaban J connectivity index is 2.57. The molecule has 0 bridgehead atoms. The quantitative estimate of drug-likeness (QED) is 0.657. The summed E-state index contributed by atoms with van der Waals surface area (Å²) in [6.07, 6.45) is -0.252. The van der Waals surface area contributed by atoms with E-state index in [0.717, 1.165) is 0 Å². The number of rotatable bonds is 0. The van der Waals surface area contributed by atoms with Crippen LogP contribution in [-0.2, 0) is 6.42 Å². The van der Waals surface area contributed by atoms with Crippen molar-refractivity contribution in [3.63, 3.8) is 0 Å². The lowest BCUT2D eigenvalue weighted by Crippen LogP contribution is -2.19. The van der Waals surface area contributed by atoms with E-state index in [4.69, 9.17) is 0 Å². The Hall–Kier alpha value is -1.12. The molecule has 0 aliphatic heterocycles. The van der Waals surface area contributed by atoms with Gasteiger partial charge in [-0.15, -0.1) is 0 Å². The van der Waals surface area contributed by atoms with E-state index < -0.39 is 11.8 Å². The summed E-state index contributed by atoms with van der Waals surface area (Å²) in [6.45, 7) is 1.45. The number of fused-ring (bicyclic) bond motifs is 1. The van der Waals surface area contributed by atoms with E-state index >= 15 is 0 Å². The van der Waals surface area contributed by atoms with Gasteiger partial charge in [0, 0.05) is 17.9 Å². The Morgan fingerprint density at radius 2 is 2.15 bits per heavy atom. The minimum absolute atomic E-state index is 0.0119. The number of aromatic hydroxyl groups is 1. The number of halogens is 2. The van der Waals surface area contributed by atoms with Crippen molar-refractivity contribution in [2.45, 2.75) is 25.2 Å². The Bertz CT molecular complexity index is 347. The number of hydrogen-bond acceptors (Lipinski definition) is 1. The first-order valence-corrected chi connectivity index (χ1v) is 4.21. The van der Waals surface area contributed by atoms with Gasteiger partial charge in [-0.05, 0) is 11.6 Å². The van der Waals surface area contributed by atoms with E-state index in [1.54, 1.807) is 12.1 Å². The van der Waals surface area contributed by atoms with Gasteiger partial charge in [0.1, 0.15) is 5.75 Å². The minimum atomic E-state index is -2.71.